The summed E-state index contributed by atoms with van der Waals surface area (Å²) in [7, 11) is 3.17. The zero-order valence-electron chi connectivity index (χ0n) is 11.2. The van der Waals surface area contributed by atoms with Gasteiger partial charge >= 0.3 is 5.97 Å². The zero-order valence-corrected chi connectivity index (χ0v) is 11.2. The van der Waals surface area contributed by atoms with Gasteiger partial charge in [0.25, 0.3) is 0 Å². The van der Waals surface area contributed by atoms with Gasteiger partial charge in [-0.1, -0.05) is 12.1 Å². The van der Waals surface area contributed by atoms with E-state index >= 15 is 0 Å². The highest BCUT2D eigenvalue weighted by Gasteiger charge is 2.15. The van der Waals surface area contributed by atoms with Gasteiger partial charge in [0.05, 0.1) is 24.4 Å². The quantitative estimate of drug-likeness (QED) is 0.610. The van der Waals surface area contributed by atoms with Crippen molar-refractivity contribution < 1.29 is 19.1 Å². The number of hydrogen-bond donors (Lipinski definition) is 0. The first-order chi connectivity index (χ1) is 9.61. The number of esters is 1. The van der Waals surface area contributed by atoms with Crippen LogP contribution in [0.2, 0.25) is 0 Å². The Balaban J connectivity index is 2.00. The number of para-hydroxylation sites is 1. The molecule has 6 heteroatoms. The molecule has 0 saturated carbocycles. The molecule has 20 heavy (non-hydrogen) atoms. The van der Waals surface area contributed by atoms with Gasteiger partial charge in [0.1, 0.15) is 5.75 Å². The van der Waals surface area contributed by atoms with Gasteiger partial charge in [-0.2, -0.15) is 5.10 Å². The van der Waals surface area contributed by atoms with Gasteiger partial charge in [0, 0.05) is 13.2 Å². The second kappa shape index (κ2) is 6.01. The van der Waals surface area contributed by atoms with Crippen molar-refractivity contribution in [2.75, 3.05) is 13.7 Å². The normalized spacial score (nSPS) is 10.1. The Morgan fingerprint density at radius 2 is 2.05 bits per heavy atom. The number of nitrogens with zero attached hydrogens (tertiary/aromatic N) is 2. The summed E-state index contributed by atoms with van der Waals surface area (Å²) in [5.74, 6) is -0.448. The number of rotatable bonds is 5. The number of ether oxygens (including phenoxy) is 2. The van der Waals surface area contributed by atoms with Crippen molar-refractivity contribution in [2.45, 2.75) is 0 Å². The van der Waals surface area contributed by atoms with E-state index in [1.807, 2.05) is 0 Å². The number of aromatic nitrogens is 2. The largest absolute Gasteiger partial charge is 0.496 e. The van der Waals surface area contributed by atoms with Gasteiger partial charge in [0.2, 0.25) is 5.78 Å². The average molecular weight is 274 g/mol. The molecule has 1 aromatic heterocycles. The van der Waals surface area contributed by atoms with Crippen molar-refractivity contribution in [3.63, 3.8) is 0 Å². The van der Waals surface area contributed by atoms with E-state index in [0.717, 1.165) is 0 Å². The van der Waals surface area contributed by atoms with Crippen LogP contribution >= 0.6 is 0 Å². The number of ketones is 1. The van der Waals surface area contributed by atoms with Crippen LogP contribution in [0, 0.1) is 0 Å². The lowest BCUT2D eigenvalue weighted by Gasteiger charge is -2.07. The second-order valence-electron chi connectivity index (χ2n) is 4.10. The first-order valence-electron chi connectivity index (χ1n) is 5.94. The summed E-state index contributed by atoms with van der Waals surface area (Å²) < 4.78 is 11.5. The molecule has 104 valence electrons. The number of Topliss-reactive ketones (excluding diaryl/α,β-unsaturated/α-hetero) is 1. The maximum atomic E-state index is 12.0. The Morgan fingerprint density at radius 3 is 2.70 bits per heavy atom. The summed E-state index contributed by atoms with van der Waals surface area (Å²) in [6.07, 6.45) is 2.91. The zero-order chi connectivity index (χ0) is 14.5. The molecule has 1 heterocycles. The molecule has 0 radical (unpaired) electrons. The van der Waals surface area contributed by atoms with Crippen LogP contribution in [0.25, 0.3) is 0 Å². The Labute approximate surface area is 115 Å². The standard InChI is InChI=1S/C14H14N2O4/c1-16-8-10(7-15-16)14(18)20-9-12(17)11-5-3-4-6-13(11)19-2/h3-8H,9H2,1-2H3. The molecule has 2 rings (SSSR count). The molecule has 0 spiro atoms. The number of benzene rings is 1. The van der Waals surface area contributed by atoms with Gasteiger partial charge in [-0.15, -0.1) is 0 Å². The van der Waals surface area contributed by atoms with Crippen molar-refractivity contribution in [2.24, 2.45) is 7.05 Å². The van der Waals surface area contributed by atoms with Crippen LogP contribution in [0.3, 0.4) is 0 Å². The topological polar surface area (TPSA) is 70.4 Å². The van der Waals surface area contributed by atoms with E-state index in [4.69, 9.17) is 9.47 Å². The average Bonchev–Trinajstić information content (AvgIpc) is 2.91. The van der Waals surface area contributed by atoms with Crippen molar-refractivity contribution in [3.8, 4) is 5.75 Å². The summed E-state index contributed by atoms with van der Waals surface area (Å²) in [5.41, 5.74) is 0.689. The highest BCUT2D eigenvalue weighted by molar-refractivity contribution is 6.01. The van der Waals surface area contributed by atoms with Crippen molar-refractivity contribution in [3.05, 3.63) is 47.8 Å². The third kappa shape index (κ3) is 3.03. The van der Waals surface area contributed by atoms with Crippen molar-refractivity contribution in [1.29, 1.82) is 0 Å². The first-order valence-corrected chi connectivity index (χ1v) is 5.94. The molecular formula is C14H14N2O4. The fourth-order valence-electron chi connectivity index (χ4n) is 1.69. The number of hydrogen-bond acceptors (Lipinski definition) is 5. The predicted octanol–water partition coefficient (Wildman–Crippen LogP) is 1.47. The van der Waals surface area contributed by atoms with Crippen LogP contribution in [0.4, 0.5) is 0 Å². The van der Waals surface area contributed by atoms with Crippen LogP contribution in [0.5, 0.6) is 5.75 Å². The molecule has 0 unspecified atom stereocenters. The van der Waals surface area contributed by atoms with Gasteiger partial charge in [-0.3, -0.25) is 9.48 Å². The summed E-state index contributed by atoms with van der Waals surface area (Å²) in [6.45, 7) is -0.339. The van der Waals surface area contributed by atoms with E-state index in [-0.39, 0.29) is 12.4 Å². The maximum absolute atomic E-state index is 12.0. The van der Waals surface area contributed by atoms with Gasteiger partial charge in [-0.25, -0.2) is 4.79 Å². The predicted molar refractivity (Wildman–Crippen MR) is 70.8 cm³/mol. The number of carbonyl (C=O) groups excluding carboxylic acids is 2. The third-order valence-electron chi connectivity index (χ3n) is 2.68. The SMILES string of the molecule is COc1ccccc1C(=O)COC(=O)c1cnn(C)c1. The maximum Gasteiger partial charge on any atom is 0.341 e. The molecule has 6 nitrogen and oxygen atoms in total. The molecule has 2 aromatic rings. The molecule has 0 N–H and O–H groups in total. The molecule has 0 amide bonds. The lowest BCUT2D eigenvalue weighted by molar-refractivity contribution is 0.0474. The number of aryl methyl sites for hydroxylation is 1. The van der Waals surface area contributed by atoms with Gasteiger partial charge < -0.3 is 9.47 Å². The summed E-state index contributed by atoms with van der Waals surface area (Å²) >= 11 is 0. The number of methoxy groups -OCH3 is 1. The fraction of sp³-hybridized carbons (Fsp3) is 0.214. The summed E-state index contributed by atoms with van der Waals surface area (Å²) in [5, 5.41) is 3.86. The van der Waals surface area contributed by atoms with Crippen LogP contribution in [-0.2, 0) is 11.8 Å². The minimum absolute atomic E-state index is 0.306. The lowest BCUT2D eigenvalue weighted by Crippen LogP contribution is -2.14. The van der Waals surface area contributed by atoms with E-state index in [0.29, 0.717) is 16.9 Å². The lowest BCUT2D eigenvalue weighted by atomic mass is 10.1. The Bertz CT molecular complexity index is 634. The molecule has 0 aliphatic heterocycles. The van der Waals surface area contributed by atoms with E-state index in [2.05, 4.69) is 5.10 Å². The molecular weight excluding hydrogens is 260 g/mol. The molecule has 0 aliphatic rings. The first kappa shape index (κ1) is 13.8. The fourth-order valence-corrected chi connectivity index (χ4v) is 1.69. The molecule has 0 saturated heterocycles. The van der Waals surface area contributed by atoms with E-state index < -0.39 is 5.97 Å². The minimum atomic E-state index is -0.582. The van der Waals surface area contributed by atoms with Gasteiger partial charge in [-0.05, 0) is 12.1 Å². The van der Waals surface area contributed by atoms with E-state index in [1.165, 1.54) is 24.2 Å². The summed E-state index contributed by atoms with van der Waals surface area (Å²) in [4.78, 5) is 23.7. The van der Waals surface area contributed by atoms with Crippen LogP contribution < -0.4 is 4.74 Å². The smallest absolute Gasteiger partial charge is 0.341 e. The molecule has 1 aromatic carbocycles. The Hall–Kier alpha value is -2.63. The van der Waals surface area contributed by atoms with Crippen molar-refractivity contribution >= 4 is 11.8 Å². The second-order valence-corrected chi connectivity index (χ2v) is 4.10. The number of carbonyl (C=O) groups is 2. The highest BCUT2D eigenvalue weighted by atomic mass is 16.5. The third-order valence-corrected chi connectivity index (χ3v) is 2.68. The molecule has 0 atom stereocenters. The van der Waals surface area contributed by atoms with Crippen molar-refractivity contribution in [1.82, 2.24) is 9.78 Å². The van der Waals surface area contributed by atoms with E-state index in [1.54, 1.807) is 31.3 Å². The minimum Gasteiger partial charge on any atom is -0.496 e. The van der Waals surface area contributed by atoms with E-state index in [9.17, 15) is 9.59 Å². The van der Waals surface area contributed by atoms with Gasteiger partial charge in [0.15, 0.2) is 6.61 Å². The van der Waals surface area contributed by atoms with Crippen LogP contribution in [-0.4, -0.2) is 35.2 Å². The highest BCUT2D eigenvalue weighted by Crippen LogP contribution is 2.17. The van der Waals surface area contributed by atoms with Crippen LogP contribution in [0.15, 0.2) is 36.7 Å². The Morgan fingerprint density at radius 1 is 1.30 bits per heavy atom. The summed E-state index contributed by atoms with van der Waals surface area (Å²) in [6, 6.07) is 6.78. The molecule has 0 aliphatic carbocycles. The van der Waals surface area contributed by atoms with Crippen LogP contribution in [0.1, 0.15) is 20.7 Å². The monoisotopic (exact) mass is 274 g/mol. The Kier molecular flexibility index (Phi) is 4.14. The molecule has 0 fully saturated rings. The molecule has 0 bridgehead atoms.